The molecule has 82 valence electrons. The van der Waals surface area contributed by atoms with Gasteiger partial charge in [0.15, 0.2) is 0 Å². The van der Waals surface area contributed by atoms with E-state index in [0.717, 1.165) is 19.1 Å². The van der Waals surface area contributed by atoms with E-state index in [1.807, 2.05) is 0 Å². The summed E-state index contributed by atoms with van der Waals surface area (Å²) in [7, 11) is 0. The Morgan fingerprint density at radius 3 is 2.57 bits per heavy atom. The fraction of sp³-hybridized carbons (Fsp3) is 1.00. The standard InChI is InChI=1S/C11H20O3/c1-11(2,14-7-10-6-13-10)8-12-5-9-3-4-9/h9-10H,3-8H2,1-2H3. The molecule has 3 heteroatoms. The van der Waals surface area contributed by atoms with Crippen molar-refractivity contribution in [2.75, 3.05) is 26.4 Å². The van der Waals surface area contributed by atoms with E-state index in [0.29, 0.717) is 19.3 Å². The average molecular weight is 200 g/mol. The van der Waals surface area contributed by atoms with Crippen LogP contribution < -0.4 is 0 Å². The summed E-state index contributed by atoms with van der Waals surface area (Å²) in [5.74, 6) is 0.831. The van der Waals surface area contributed by atoms with Gasteiger partial charge < -0.3 is 14.2 Å². The molecule has 0 aromatic heterocycles. The molecule has 0 amide bonds. The molecule has 0 aromatic rings. The van der Waals surface area contributed by atoms with Crippen molar-refractivity contribution in [1.29, 1.82) is 0 Å². The fourth-order valence-electron chi connectivity index (χ4n) is 1.28. The first kappa shape index (κ1) is 10.4. The van der Waals surface area contributed by atoms with Gasteiger partial charge in [0.05, 0.1) is 25.4 Å². The molecule has 1 aliphatic heterocycles. The quantitative estimate of drug-likeness (QED) is 0.585. The summed E-state index contributed by atoms with van der Waals surface area (Å²) in [4.78, 5) is 0. The van der Waals surface area contributed by atoms with Crippen LogP contribution in [0.4, 0.5) is 0 Å². The van der Waals surface area contributed by atoms with Crippen LogP contribution in [0.25, 0.3) is 0 Å². The number of rotatable bonds is 7. The Hall–Kier alpha value is -0.120. The summed E-state index contributed by atoms with van der Waals surface area (Å²) in [6.07, 6.45) is 3.03. The van der Waals surface area contributed by atoms with Crippen molar-refractivity contribution in [1.82, 2.24) is 0 Å². The van der Waals surface area contributed by atoms with E-state index in [2.05, 4.69) is 13.8 Å². The average Bonchev–Trinajstić information content (AvgIpc) is 2.97. The van der Waals surface area contributed by atoms with Gasteiger partial charge in [0, 0.05) is 6.61 Å². The van der Waals surface area contributed by atoms with Crippen molar-refractivity contribution in [3.63, 3.8) is 0 Å². The largest absolute Gasteiger partial charge is 0.378 e. The van der Waals surface area contributed by atoms with Gasteiger partial charge in [0.25, 0.3) is 0 Å². The minimum Gasteiger partial charge on any atom is -0.378 e. The molecule has 0 N–H and O–H groups in total. The predicted octanol–water partition coefficient (Wildman–Crippen LogP) is 1.61. The van der Waals surface area contributed by atoms with Crippen LogP contribution in [-0.4, -0.2) is 38.1 Å². The Morgan fingerprint density at radius 2 is 2.00 bits per heavy atom. The van der Waals surface area contributed by atoms with Crippen LogP contribution in [0, 0.1) is 5.92 Å². The second-order valence-corrected chi connectivity index (χ2v) is 4.98. The van der Waals surface area contributed by atoms with E-state index < -0.39 is 0 Å². The molecule has 3 nitrogen and oxygen atoms in total. The highest BCUT2D eigenvalue weighted by Gasteiger charge is 2.28. The molecular formula is C11H20O3. The third kappa shape index (κ3) is 3.95. The van der Waals surface area contributed by atoms with Crippen LogP contribution in [0.15, 0.2) is 0 Å². The summed E-state index contributed by atoms with van der Waals surface area (Å²) in [6.45, 7) is 7.31. The van der Waals surface area contributed by atoms with Crippen molar-refractivity contribution in [3.8, 4) is 0 Å². The van der Waals surface area contributed by atoms with Crippen LogP contribution in [0.2, 0.25) is 0 Å². The van der Waals surface area contributed by atoms with Gasteiger partial charge in [-0.05, 0) is 32.6 Å². The van der Waals surface area contributed by atoms with Gasteiger partial charge in [-0.1, -0.05) is 0 Å². The third-order valence-corrected chi connectivity index (χ3v) is 2.56. The predicted molar refractivity (Wildman–Crippen MR) is 53.3 cm³/mol. The van der Waals surface area contributed by atoms with Gasteiger partial charge in [0.2, 0.25) is 0 Å². The van der Waals surface area contributed by atoms with E-state index in [1.165, 1.54) is 12.8 Å². The summed E-state index contributed by atoms with van der Waals surface area (Å²) >= 11 is 0. The van der Waals surface area contributed by atoms with E-state index >= 15 is 0 Å². The Morgan fingerprint density at radius 1 is 1.29 bits per heavy atom. The van der Waals surface area contributed by atoms with Crippen LogP contribution in [-0.2, 0) is 14.2 Å². The number of hydrogen-bond donors (Lipinski definition) is 0. The number of hydrogen-bond acceptors (Lipinski definition) is 3. The van der Waals surface area contributed by atoms with Crippen molar-refractivity contribution >= 4 is 0 Å². The minimum atomic E-state index is -0.166. The molecule has 1 saturated heterocycles. The molecule has 0 bridgehead atoms. The molecule has 1 saturated carbocycles. The smallest absolute Gasteiger partial charge is 0.104 e. The Kier molecular flexibility index (Phi) is 3.10. The Balaban J connectivity index is 1.54. The molecule has 1 unspecified atom stereocenters. The summed E-state index contributed by atoms with van der Waals surface area (Å²) in [5.41, 5.74) is -0.166. The van der Waals surface area contributed by atoms with Gasteiger partial charge in [-0.2, -0.15) is 0 Å². The maximum Gasteiger partial charge on any atom is 0.104 e. The molecule has 1 heterocycles. The van der Waals surface area contributed by atoms with E-state index in [4.69, 9.17) is 14.2 Å². The Bertz CT molecular complexity index is 183. The molecule has 2 aliphatic rings. The van der Waals surface area contributed by atoms with E-state index in [1.54, 1.807) is 0 Å². The minimum absolute atomic E-state index is 0.166. The zero-order valence-electron chi connectivity index (χ0n) is 9.12. The number of epoxide rings is 1. The number of ether oxygens (including phenoxy) is 3. The third-order valence-electron chi connectivity index (χ3n) is 2.56. The second kappa shape index (κ2) is 4.17. The molecule has 1 aliphatic carbocycles. The lowest BCUT2D eigenvalue weighted by atomic mass is 10.1. The molecule has 0 aromatic carbocycles. The van der Waals surface area contributed by atoms with Crippen LogP contribution in [0.1, 0.15) is 26.7 Å². The van der Waals surface area contributed by atoms with Crippen molar-refractivity contribution in [2.24, 2.45) is 5.92 Å². The van der Waals surface area contributed by atoms with Crippen LogP contribution in [0.5, 0.6) is 0 Å². The van der Waals surface area contributed by atoms with Gasteiger partial charge in [-0.25, -0.2) is 0 Å². The molecule has 1 atom stereocenters. The summed E-state index contributed by atoms with van der Waals surface area (Å²) < 4.78 is 16.4. The molecule has 2 fully saturated rings. The first-order valence-electron chi connectivity index (χ1n) is 5.49. The first-order chi connectivity index (χ1) is 6.66. The van der Waals surface area contributed by atoms with E-state index in [-0.39, 0.29) is 5.60 Å². The SMILES string of the molecule is CC(C)(COCC1CC1)OCC1CO1. The van der Waals surface area contributed by atoms with Crippen molar-refractivity contribution in [3.05, 3.63) is 0 Å². The maximum absolute atomic E-state index is 5.71. The van der Waals surface area contributed by atoms with Crippen LogP contribution >= 0.6 is 0 Å². The maximum atomic E-state index is 5.71. The summed E-state index contributed by atoms with van der Waals surface area (Å²) in [6, 6.07) is 0. The fourth-order valence-corrected chi connectivity index (χ4v) is 1.28. The van der Waals surface area contributed by atoms with Crippen LogP contribution in [0.3, 0.4) is 0 Å². The first-order valence-corrected chi connectivity index (χ1v) is 5.49. The molecule has 0 spiro atoms. The lowest BCUT2D eigenvalue weighted by Crippen LogP contribution is -2.32. The lowest BCUT2D eigenvalue weighted by molar-refractivity contribution is -0.0802. The van der Waals surface area contributed by atoms with Crippen molar-refractivity contribution < 1.29 is 14.2 Å². The Labute approximate surface area is 85.7 Å². The normalized spacial score (nSPS) is 26.6. The highest BCUT2D eigenvalue weighted by molar-refractivity contribution is 4.75. The summed E-state index contributed by atoms with van der Waals surface area (Å²) in [5, 5.41) is 0. The highest BCUT2D eigenvalue weighted by Crippen LogP contribution is 2.29. The topological polar surface area (TPSA) is 31.0 Å². The van der Waals surface area contributed by atoms with Gasteiger partial charge in [-0.3, -0.25) is 0 Å². The van der Waals surface area contributed by atoms with Gasteiger partial charge in [-0.15, -0.1) is 0 Å². The van der Waals surface area contributed by atoms with E-state index in [9.17, 15) is 0 Å². The lowest BCUT2D eigenvalue weighted by Gasteiger charge is -2.24. The monoisotopic (exact) mass is 200 g/mol. The zero-order valence-corrected chi connectivity index (χ0v) is 9.12. The van der Waals surface area contributed by atoms with Gasteiger partial charge in [0.1, 0.15) is 6.10 Å². The second-order valence-electron chi connectivity index (χ2n) is 4.98. The molecule has 14 heavy (non-hydrogen) atoms. The van der Waals surface area contributed by atoms with Gasteiger partial charge >= 0.3 is 0 Å². The highest BCUT2D eigenvalue weighted by atomic mass is 16.6. The molecular weight excluding hydrogens is 180 g/mol. The van der Waals surface area contributed by atoms with Crippen molar-refractivity contribution in [2.45, 2.75) is 38.4 Å². The zero-order chi connectivity index (χ0) is 10.0. The molecule has 0 radical (unpaired) electrons. The molecule has 2 rings (SSSR count).